The fourth-order valence-electron chi connectivity index (χ4n) is 2.17. The lowest BCUT2D eigenvalue weighted by Crippen LogP contribution is -2.29. The molecular weight excluding hydrogens is 274 g/mol. The molecule has 0 aliphatic carbocycles. The second kappa shape index (κ2) is 12.2. The van der Waals surface area contributed by atoms with Gasteiger partial charge in [-0.1, -0.05) is 52.0 Å². The Morgan fingerprint density at radius 1 is 1.09 bits per heavy atom. The van der Waals surface area contributed by atoms with E-state index in [0.717, 1.165) is 24.8 Å². The zero-order valence-corrected chi connectivity index (χ0v) is 14.9. The molecular formula is C19H33NO2. The summed E-state index contributed by atoms with van der Waals surface area (Å²) in [7, 11) is 0. The van der Waals surface area contributed by atoms with Crippen LogP contribution in [0.3, 0.4) is 0 Å². The number of carbonyl (C=O) groups is 1. The molecule has 126 valence electrons. The number of hydrogen-bond donors (Lipinski definition) is 2. The Morgan fingerprint density at radius 3 is 2.18 bits per heavy atom. The highest BCUT2D eigenvalue weighted by Crippen LogP contribution is 2.17. The summed E-state index contributed by atoms with van der Waals surface area (Å²) in [6.45, 7) is 11.2. The molecule has 2 N–H and O–H groups in total. The van der Waals surface area contributed by atoms with Crippen molar-refractivity contribution in [3.8, 4) is 0 Å². The second-order valence-corrected chi connectivity index (χ2v) is 5.78. The Morgan fingerprint density at radius 2 is 1.68 bits per heavy atom. The van der Waals surface area contributed by atoms with Gasteiger partial charge in [-0.25, -0.2) is 0 Å². The molecule has 1 atom stereocenters. The number of rotatable bonds is 8. The van der Waals surface area contributed by atoms with E-state index in [2.05, 4.69) is 43.4 Å². The lowest BCUT2D eigenvalue weighted by Gasteiger charge is -2.13. The van der Waals surface area contributed by atoms with Gasteiger partial charge < -0.3 is 10.4 Å². The molecule has 0 bridgehead atoms. The van der Waals surface area contributed by atoms with Crippen molar-refractivity contribution in [2.45, 2.75) is 59.8 Å². The largest absolute Gasteiger partial charge is 0.396 e. The minimum absolute atomic E-state index is 0.0551. The minimum atomic E-state index is -0.128. The second-order valence-electron chi connectivity index (χ2n) is 5.78. The van der Waals surface area contributed by atoms with Gasteiger partial charge in [0.25, 0.3) is 0 Å². The summed E-state index contributed by atoms with van der Waals surface area (Å²) >= 11 is 0. The molecule has 22 heavy (non-hydrogen) atoms. The topological polar surface area (TPSA) is 49.3 Å². The highest BCUT2D eigenvalue weighted by molar-refractivity contribution is 5.83. The summed E-state index contributed by atoms with van der Waals surface area (Å²) in [5, 5.41) is 11.6. The van der Waals surface area contributed by atoms with E-state index in [9.17, 15) is 4.79 Å². The Hall–Kier alpha value is -1.35. The third-order valence-corrected chi connectivity index (χ3v) is 3.40. The molecule has 0 aromatic heterocycles. The average Bonchev–Trinajstić information content (AvgIpc) is 2.53. The van der Waals surface area contributed by atoms with E-state index < -0.39 is 0 Å². The molecule has 1 rings (SSSR count). The number of amides is 1. The summed E-state index contributed by atoms with van der Waals surface area (Å²) in [5.41, 5.74) is 2.37. The standard InChI is InChI=1S/C17H27NO2.C2H6/c1-13(2)12-15-6-8-16(9-7-15)14(3)17(20)18-10-4-5-11-19;1-2/h6-9,13-14,19H,4-5,10-12H2,1-3H3,(H,18,20);1-2H3. The van der Waals surface area contributed by atoms with Gasteiger partial charge in [-0.15, -0.1) is 0 Å². The van der Waals surface area contributed by atoms with E-state index >= 15 is 0 Å². The van der Waals surface area contributed by atoms with Gasteiger partial charge in [0.2, 0.25) is 5.91 Å². The zero-order chi connectivity index (χ0) is 17.0. The minimum Gasteiger partial charge on any atom is -0.396 e. The third-order valence-electron chi connectivity index (χ3n) is 3.40. The normalized spacial score (nSPS) is 11.6. The van der Waals surface area contributed by atoms with E-state index in [-0.39, 0.29) is 18.4 Å². The monoisotopic (exact) mass is 307 g/mol. The predicted molar refractivity (Wildman–Crippen MR) is 94.1 cm³/mol. The van der Waals surface area contributed by atoms with Crippen molar-refractivity contribution in [3.63, 3.8) is 0 Å². The van der Waals surface area contributed by atoms with Crippen LogP contribution in [0.25, 0.3) is 0 Å². The summed E-state index contributed by atoms with van der Waals surface area (Å²) < 4.78 is 0. The molecule has 0 heterocycles. The summed E-state index contributed by atoms with van der Waals surface area (Å²) in [4.78, 5) is 12.0. The van der Waals surface area contributed by atoms with Gasteiger partial charge in [-0.3, -0.25) is 4.79 Å². The van der Waals surface area contributed by atoms with Crippen molar-refractivity contribution in [1.29, 1.82) is 0 Å². The maximum atomic E-state index is 12.0. The maximum absolute atomic E-state index is 12.0. The molecule has 0 fully saturated rings. The van der Waals surface area contributed by atoms with E-state index in [1.165, 1.54) is 5.56 Å². The van der Waals surface area contributed by atoms with Gasteiger partial charge in [0.1, 0.15) is 0 Å². The van der Waals surface area contributed by atoms with Gasteiger partial charge in [-0.2, -0.15) is 0 Å². The molecule has 1 aromatic rings. The van der Waals surface area contributed by atoms with Crippen LogP contribution in [0, 0.1) is 5.92 Å². The van der Waals surface area contributed by atoms with Gasteiger partial charge >= 0.3 is 0 Å². The van der Waals surface area contributed by atoms with Crippen molar-refractivity contribution in [3.05, 3.63) is 35.4 Å². The smallest absolute Gasteiger partial charge is 0.227 e. The molecule has 1 unspecified atom stereocenters. The number of carbonyl (C=O) groups excluding carboxylic acids is 1. The summed E-state index contributed by atoms with van der Waals surface area (Å²) in [6, 6.07) is 8.33. The molecule has 1 amide bonds. The molecule has 3 heteroatoms. The number of unbranched alkanes of at least 4 members (excludes halogenated alkanes) is 1. The van der Waals surface area contributed by atoms with E-state index in [1.54, 1.807) is 0 Å². The number of hydrogen-bond acceptors (Lipinski definition) is 2. The number of benzene rings is 1. The highest BCUT2D eigenvalue weighted by atomic mass is 16.2. The summed E-state index contributed by atoms with van der Waals surface area (Å²) in [5.74, 6) is 0.574. The van der Waals surface area contributed by atoms with Gasteiger partial charge in [0, 0.05) is 13.2 Å². The van der Waals surface area contributed by atoms with Gasteiger partial charge in [-0.05, 0) is 43.2 Å². The lowest BCUT2D eigenvalue weighted by molar-refractivity contribution is -0.122. The third kappa shape index (κ3) is 8.18. The Balaban J connectivity index is 0.00000211. The Kier molecular flexibility index (Phi) is 11.5. The van der Waals surface area contributed by atoms with Crippen LogP contribution in [0.4, 0.5) is 0 Å². The zero-order valence-electron chi connectivity index (χ0n) is 14.9. The molecule has 0 spiro atoms. The van der Waals surface area contributed by atoms with Crippen molar-refractivity contribution in [2.75, 3.05) is 13.2 Å². The number of aliphatic hydroxyl groups excluding tert-OH is 1. The van der Waals surface area contributed by atoms with Crippen LogP contribution in [0.1, 0.15) is 64.5 Å². The lowest BCUT2D eigenvalue weighted by atomic mass is 9.96. The quantitative estimate of drug-likeness (QED) is 0.716. The van der Waals surface area contributed by atoms with E-state index in [4.69, 9.17) is 5.11 Å². The fourth-order valence-corrected chi connectivity index (χ4v) is 2.17. The first-order valence-electron chi connectivity index (χ1n) is 8.52. The molecule has 0 aliphatic rings. The molecule has 0 saturated carbocycles. The van der Waals surface area contributed by atoms with E-state index in [0.29, 0.717) is 12.5 Å². The number of aliphatic hydroxyl groups is 1. The Labute approximate surface area is 136 Å². The first kappa shape index (κ1) is 20.6. The fraction of sp³-hybridized carbons (Fsp3) is 0.632. The van der Waals surface area contributed by atoms with Gasteiger partial charge in [0.05, 0.1) is 5.92 Å². The number of nitrogens with one attached hydrogen (secondary N) is 1. The molecule has 1 aromatic carbocycles. The molecule has 0 saturated heterocycles. The van der Waals surface area contributed by atoms with Crippen LogP contribution in [-0.4, -0.2) is 24.2 Å². The predicted octanol–water partition coefficient (Wildman–Crippen LogP) is 3.90. The van der Waals surface area contributed by atoms with Crippen LogP contribution < -0.4 is 5.32 Å². The SMILES string of the molecule is CC.CC(C)Cc1ccc(C(C)C(=O)NCCCCO)cc1. The van der Waals surface area contributed by atoms with Crippen LogP contribution in [0.15, 0.2) is 24.3 Å². The first-order chi connectivity index (χ1) is 10.5. The molecule has 3 nitrogen and oxygen atoms in total. The van der Waals surface area contributed by atoms with Crippen LogP contribution in [0.5, 0.6) is 0 Å². The van der Waals surface area contributed by atoms with Crippen LogP contribution >= 0.6 is 0 Å². The average molecular weight is 307 g/mol. The van der Waals surface area contributed by atoms with Crippen LogP contribution in [0.2, 0.25) is 0 Å². The summed E-state index contributed by atoms with van der Waals surface area (Å²) in [6.07, 6.45) is 2.63. The van der Waals surface area contributed by atoms with Crippen molar-refractivity contribution < 1.29 is 9.90 Å². The van der Waals surface area contributed by atoms with Crippen molar-refractivity contribution >= 4 is 5.91 Å². The Bertz CT molecular complexity index is 398. The molecule has 0 aliphatic heterocycles. The van der Waals surface area contributed by atoms with Crippen molar-refractivity contribution in [2.24, 2.45) is 5.92 Å². The first-order valence-corrected chi connectivity index (χ1v) is 8.52. The van der Waals surface area contributed by atoms with Gasteiger partial charge in [0.15, 0.2) is 0 Å². The van der Waals surface area contributed by atoms with Crippen molar-refractivity contribution in [1.82, 2.24) is 5.32 Å². The van der Waals surface area contributed by atoms with E-state index in [1.807, 2.05) is 20.8 Å². The van der Waals surface area contributed by atoms with Crippen LogP contribution in [-0.2, 0) is 11.2 Å². The highest BCUT2D eigenvalue weighted by Gasteiger charge is 2.14. The maximum Gasteiger partial charge on any atom is 0.227 e. The molecule has 0 radical (unpaired) electrons.